The Hall–Kier alpha value is -3.09. The van der Waals surface area contributed by atoms with Crippen LogP contribution in [0.15, 0.2) is 36.7 Å². The molecule has 0 fully saturated rings. The van der Waals surface area contributed by atoms with Gasteiger partial charge in [-0.2, -0.15) is 0 Å². The van der Waals surface area contributed by atoms with E-state index in [1.165, 1.54) is 4.90 Å². The highest BCUT2D eigenvalue weighted by atomic mass is 16.5. The minimum Gasteiger partial charge on any atom is -0.504 e. The first-order valence-electron chi connectivity index (χ1n) is 8.92. The van der Waals surface area contributed by atoms with Crippen LogP contribution in [0.3, 0.4) is 0 Å². The lowest BCUT2D eigenvalue weighted by Gasteiger charge is -2.19. The highest BCUT2D eigenvalue weighted by molar-refractivity contribution is 6.35. The van der Waals surface area contributed by atoms with Gasteiger partial charge in [-0.15, -0.1) is 0 Å². The zero-order valence-electron chi connectivity index (χ0n) is 15.4. The normalized spacial score (nSPS) is 13.5. The van der Waals surface area contributed by atoms with Gasteiger partial charge in [0.15, 0.2) is 11.5 Å². The van der Waals surface area contributed by atoms with Gasteiger partial charge in [-0.25, -0.2) is 0 Å². The Kier molecular flexibility index (Phi) is 5.59. The predicted molar refractivity (Wildman–Crippen MR) is 100 cm³/mol. The lowest BCUT2D eigenvalue weighted by molar-refractivity contribution is -0.146. The highest BCUT2D eigenvalue weighted by Crippen LogP contribution is 2.37. The van der Waals surface area contributed by atoms with E-state index in [-0.39, 0.29) is 31.4 Å². The molecule has 2 amide bonds. The van der Waals surface area contributed by atoms with Crippen molar-refractivity contribution in [1.29, 1.82) is 0 Å². The monoisotopic (exact) mass is 369 g/mol. The molecule has 7 heteroatoms. The summed E-state index contributed by atoms with van der Waals surface area (Å²) >= 11 is 0. The first kappa shape index (κ1) is 18.7. The summed E-state index contributed by atoms with van der Waals surface area (Å²) < 4.78 is 5.64. The van der Waals surface area contributed by atoms with Gasteiger partial charge in [0.25, 0.3) is 0 Å². The summed E-state index contributed by atoms with van der Waals surface area (Å²) in [6.07, 6.45) is 3.37. The second-order valence-corrected chi connectivity index (χ2v) is 6.90. The predicted octanol–water partition coefficient (Wildman–Crippen LogP) is 1.95. The lowest BCUT2D eigenvalue weighted by atomic mass is 10.0. The minimum atomic E-state index is -0.625. The Bertz CT molecular complexity index is 837. The second-order valence-electron chi connectivity index (χ2n) is 6.90. The lowest BCUT2D eigenvalue weighted by Crippen LogP contribution is -2.44. The van der Waals surface area contributed by atoms with Crippen LogP contribution in [0.1, 0.15) is 19.4 Å². The molecule has 0 atom stereocenters. The molecule has 0 aliphatic carbocycles. The fraction of sp³-hybridized carbons (Fsp3) is 0.350. The van der Waals surface area contributed by atoms with E-state index in [0.29, 0.717) is 17.9 Å². The van der Waals surface area contributed by atoms with Crippen LogP contribution in [-0.4, -0.2) is 46.5 Å². The van der Waals surface area contributed by atoms with E-state index >= 15 is 0 Å². The molecule has 3 rings (SSSR count). The van der Waals surface area contributed by atoms with E-state index in [0.717, 1.165) is 11.1 Å². The smallest absolute Gasteiger partial charge is 0.312 e. The van der Waals surface area contributed by atoms with Gasteiger partial charge in [-0.1, -0.05) is 19.9 Å². The molecule has 7 nitrogen and oxygen atoms in total. The van der Waals surface area contributed by atoms with Gasteiger partial charge in [0.1, 0.15) is 6.61 Å². The van der Waals surface area contributed by atoms with Crippen LogP contribution < -0.4 is 10.1 Å². The molecule has 0 saturated carbocycles. The van der Waals surface area contributed by atoms with E-state index in [2.05, 4.69) is 10.3 Å². The summed E-state index contributed by atoms with van der Waals surface area (Å²) in [5, 5.41) is 13.0. The maximum absolute atomic E-state index is 12.5. The number of nitrogens with zero attached hydrogens (tertiary/aromatic N) is 2. The Balaban J connectivity index is 1.84. The number of hydrogen-bond donors (Lipinski definition) is 2. The fourth-order valence-electron chi connectivity index (χ4n) is 2.89. The van der Waals surface area contributed by atoms with E-state index < -0.39 is 11.8 Å². The van der Waals surface area contributed by atoms with Gasteiger partial charge in [-0.05, 0) is 29.7 Å². The van der Waals surface area contributed by atoms with E-state index in [9.17, 15) is 14.7 Å². The zero-order chi connectivity index (χ0) is 19.4. The molecule has 2 heterocycles. The molecule has 1 aliphatic heterocycles. The number of amides is 2. The quantitative estimate of drug-likeness (QED) is 0.807. The van der Waals surface area contributed by atoms with Crippen molar-refractivity contribution in [3.63, 3.8) is 0 Å². The molecule has 1 aromatic carbocycles. The third-order valence-corrected chi connectivity index (χ3v) is 4.26. The van der Waals surface area contributed by atoms with Crippen molar-refractivity contribution in [2.45, 2.75) is 20.4 Å². The summed E-state index contributed by atoms with van der Waals surface area (Å²) in [5.41, 5.74) is 2.25. The van der Waals surface area contributed by atoms with Crippen molar-refractivity contribution in [1.82, 2.24) is 15.2 Å². The number of aromatic hydroxyl groups is 1. The number of aromatic nitrogens is 1. The van der Waals surface area contributed by atoms with Crippen LogP contribution in [0, 0.1) is 5.92 Å². The molecule has 0 unspecified atom stereocenters. The number of carbonyl (C=O) groups is 2. The van der Waals surface area contributed by atoms with E-state index in [1.807, 2.05) is 32.0 Å². The number of phenolic OH excluding ortho intramolecular Hbond substituents is 1. The Morgan fingerprint density at radius 3 is 2.85 bits per heavy atom. The Labute approximate surface area is 158 Å². The standard InChI is InChI=1S/C20H23N3O4/c1-13(2)10-22-19(25)20(26)23-6-7-27-18-16(12-23)8-15(9-17(18)24)14-4-3-5-21-11-14/h3-5,8-9,11,13,24H,6-7,10,12H2,1-2H3,(H,22,25). The SMILES string of the molecule is CC(C)CNC(=O)C(=O)N1CCOc2c(O)cc(-c3cccnc3)cc2C1. The number of hydrogen-bond acceptors (Lipinski definition) is 5. The van der Waals surface area contributed by atoms with Gasteiger partial charge in [0.2, 0.25) is 0 Å². The van der Waals surface area contributed by atoms with Crippen molar-refractivity contribution in [2.75, 3.05) is 19.7 Å². The van der Waals surface area contributed by atoms with Crippen molar-refractivity contribution >= 4 is 11.8 Å². The molecule has 2 aromatic rings. The third-order valence-electron chi connectivity index (χ3n) is 4.26. The molecule has 0 radical (unpaired) electrons. The van der Waals surface area contributed by atoms with Crippen LogP contribution in [-0.2, 0) is 16.1 Å². The molecule has 0 spiro atoms. The molecule has 1 aliphatic rings. The van der Waals surface area contributed by atoms with Crippen molar-refractivity contribution < 1.29 is 19.4 Å². The fourth-order valence-corrected chi connectivity index (χ4v) is 2.89. The number of carbonyl (C=O) groups excluding carboxylic acids is 2. The summed E-state index contributed by atoms with van der Waals surface area (Å²) in [7, 11) is 0. The number of rotatable bonds is 3. The molecular formula is C20H23N3O4. The molecule has 1 aromatic heterocycles. The Morgan fingerprint density at radius 1 is 1.33 bits per heavy atom. The number of phenols is 1. The van der Waals surface area contributed by atoms with Crippen LogP contribution >= 0.6 is 0 Å². The molecule has 27 heavy (non-hydrogen) atoms. The topological polar surface area (TPSA) is 91.8 Å². The summed E-state index contributed by atoms with van der Waals surface area (Å²) in [4.78, 5) is 30.2. The van der Waals surface area contributed by atoms with Gasteiger partial charge >= 0.3 is 11.8 Å². The van der Waals surface area contributed by atoms with Gasteiger partial charge in [-0.3, -0.25) is 14.6 Å². The zero-order valence-corrected chi connectivity index (χ0v) is 15.4. The van der Waals surface area contributed by atoms with Gasteiger partial charge < -0.3 is 20.1 Å². The van der Waals surface area contributed by atoms with Crippen molar-refractivity contribution in [3.05, 3.63) is 42.2 Å². The molecule has 2 N–H and O–H groups in total. The third kappa shape index (κ3) is 4.36. The van der Waals surface area contributed by atoms with E-state index in [1.54, 1.807) is 18.5 Å². The highest BCUT2D eigenvalue weighted by Gasteiger charge is 2.26. The minimum absolute atomic E-state index is 0.00455. The van der Waals surface area contributed by atoms with Crippen molar-refractivity contribution in [3.8, 4) is 22.6 Å². The average molecular weight is 369 g/mol. The molecule has 0 saturated heterocycles. The van der Waals surface area contributed by atoms with Crippen LogP contribution in [0.4, 0.5) is 0 Å². The second kappa shape index (κ2) is 8.07. The van der Waals surface area contributed by atoms with Crippen LogP contribution in [0.5, 0.6) is 11.5 Å². The number of nitrogens with one attached hydrogen (secondary N) is 1. The van der Waals surface area contributed by atoms with Crippen LogP contribution in [0.2, 0.25) is 0 Å². The van der Waals surface area contributed by atoms with E-state index in [4.69, 9.17) is 4.74 Å². The largest absolute Gasteiger partial charge is 0.504 e. The Morgan fingerprint density at radius 2 is 2.15 bits per heavy atom. The summed E-state index contributed by atoms with van der Waals surface area (Å²) in [5.74, 6) is -0.613. The number of benzene rings is 1. The van der Waals surface area contributed by atoms with Gasteiger partial charge in [0.05, 0.1) is 13.1 Å². The summed E-state index contributed by atoms with van der Waals surface area (Å²) in [6, 6.07) is 7.16. The average Bonchev–Trinajstić information content (AvgIpc) is 2.89. The first-order chi connectivity index (χ1) is 13.0. The van der Waals surface area contributed by atoms with Gasteiger partial charge in [0, 0.05) is 30.1 Å². The molecule has 0 bridgehead atoms. The summed E-state index contributed by atoms with van der Waals surface area (Å²) in [6.45, 7) is 5.02. The molecular weight excluding hydrogens is 346 g/mol. The molecule has 142 valence electrons. The number of pyridine rings is 1. The number of fused-ring (bicyclic) bond motifs is 1. The maximum atomic E-state index is 12.5. The maximum Gasteiger partial charge on any atom is 0.312 e. The van der Waals surface area contributed by atoms with Crippen molar-refractivity contribution in [2.24, 2.45) is 5.92 Å². The van der Waals surface area contributed by atoms with Crippen LogP contribution in [0.25, 0.3) is 11.1 Å². The first-order valence-corrected chi connectivity index (χ1v) is 8.92. The number of ether oxygens (including phenoxy) is 1.